The van der Waals surface area contributed by atoms with E-state index in [0.29, 0.717) is 17.7 Å². The Hall–Kier alpha value is -1.78. The summed E-state index contributed by atoms with van der Waals surface area (Å²) in [4.78, 5) is 10.2. The number of phenols is 1. The van der Waals surface area contributed by atoms with Gasteiger partial charge in [0.2, 0.25) is 0 Å². The molecule has 2 rings (SSSR count). The van der Waals surface area contributed by atoms with Gasteiger partial charge in [0.15, 0.2) is 6.61 Å². The molecule has 5 nitrogen and oxygen atoms in total. The fourth-order valence-electron chi connectivity index (χ4n) is 1.50. The maximum Gasteiger partial charge on any atom is 0.250 e. The molecule has 14 heavy (non-hydrogen) atoms. The van der Waals surface area contributed by atoms with E-state index in [0.717, 1.165) is 0 Å². The highest BCUT2D eigenvalue weighted by Crippen LogP contribution is 2.28. The SMILES string of the molecule is O=[N+]([O-])[C@H]1COc2ccc(O)cc2C1. The van der Waals surface area contributed by atoms with Crippen LogP contribution in [-0.2, 0) is 6.42 Å². The van der Waals surface area contributed by atoms with Crippen LogP contribution in [0.25, 0.3) is 0 Å². The molecule has 0 unspecified atom stereocenters. The lowest BCUT2D eigenvalue weighted by atomic mass is 10.0. The second-order valence-electron chi connectivity index (χ2n) is 3.25. The molecule has 1 atom stereocenters. The van der Waals surface area contributed by atoms with Gasteiger partial charge in [0, 0.05) is 16.9 Å². The topological polar surface area (TPSA) is 72.6 Å². The molecule has 0 saturated carbocycles. The molecule has 0 aromatic heterocycles. The van der Waals surface area contributed by atoms with Gasteiger partial charge in [-0.15, -0.1) is 0 Å². The smallest absolute Gasteiger partial charge is 0.250 e. The van der Waals surface area contributed by atoms with Crippen molar-refractivity contribution >= 4 is 0 Å². The molecule has 0 saturated heterocycles. The van der Waals surface area contributed by atoms with Gasteiger partial charge in [-0.1, -0.05) is 0 Å². The average molecular weight is 195 g/mol. The van der Waals surface area contributed by atoms with Crippen LogP contribution in [0, 0.1) is 10.1 Å². The first-order chi connectivity index (χ1) is 6.66. The highest BCUT2D eigenvalue weighted by molar-refractivity contribution is 5.41. The van der Waals surface area contributed by atoms with Crippen molar-refractivity contribution in [2.75, 3.05) is 6.61 Å². The lowest BCUT2D eigenvalue weighted by Gasteiger charge is -2.19. The lowest BCUT2D eigenvalue weighted by Crippen LogP contribution is -2.32. The van der Waals surface area contributed by atoms with Crippen molar-refractivity contribution < 1.29 is 14.8 Å². The van der Waals surface area contributed by atoms with Gasteiger partial charge in [0.1, 0.15) is 11.5 Å². The molecule has 1 N–H and O–H groups in total. The van der Waals surface area contributed by atoms with E-state index in [4.69, 9.17) is 4.74 Å². The zero-order valence-corrected chi connectivity index (χ0v) is 7.34. The second-order valence-corrected chi connectivity index (χ2v) is 3.25. The zero-order chi connectivity index (χ0) is 10.1. The predicted molar refractivity (Wildman–Crippen MR) is 48.1 cm³/mol. The third kappa shape index (κ3) is 1.48. The van der Waals surface area contributed by atoms with Gasteiger partial charge in [-0.2, -0.15) is 0 Å². The molecule has 1 aromatic carbocycles. The van der Waals surface area contributed by atoms with Gasteiger partial charge in [0.05, 0.1) is 0 Å². The maximum atomic E-state index is 10.5. The lowest BCUT2D eigenvalue weighted by molar-refractivity contribution is -0.525. The van der Waals surface area contributed by atoms with E-state index >= 15 is 0 Å². The normalized spacial score (nSPS) is 19.6. The summed E-state index contributed by atoms with van der Waals surface area (Å²) in [5, 5.41) is 19.7. The number of ether oxygens (including phenoxy) is 1. The van der Waals surface area contributed by atoms with Crippen molar-refractivity contribution in [3.05, 3.63) is 33.9 Å². The van der Waals surface area contributed by atoms with Crippen LogP contribution in [-0.4, -0.2) is 22.7 Å². The Kier molecular flexibility index (Phi) is 1.99. The Labute approximate surface area is 80.1 Å². The quantitative estimate of drug-likeness (QED) is 0.535. The van der Waals surface area contributed by atoms with E-state index < -0.39 is 6.04 Å². The van der Waals surface area contributed by atoms with Crippen molar-refractivity contribution in [3.63, 3.8) is 0 Å². The van der Waals surface area contributed by atoms with Gasteiger partial charge >= 0.3 is 0 Å². The number of hydrogen-bond donors (Lipinski definition) is 1. The molecule has 74 valence electrons. The molecule has 1 aliphatic heterocycles. The van der Waals surface area contributed by atoms with E-state index in [1.54, 1.807) is 6.07 Å². The van der Waals surface area contributed by atoms with E-state index in [9.17, 15) is 15.2 Å². The predicted octanol–water partition coefficient (Wildman–Crippen LogP) is 0.972. The summed E-state index contributed by atoms with van der Waals surface area (Å²) >= 11 is 0. The van der Waals surface area contributed by atoms with Crippen LogP contribution < -0.4 is 4.74 Å². The van der Waals surface area contributed by atoms with Crippen molar-refractivity contribution in [1.29, 1.82) is 0 Å². The maximum absolute atomic E-state index is 10.5. The minimum Gasteiger partial charge on any atom is -0.508 e. The first-order valence-electron chi connectivity index (χ1n) is 4.25. The van der Waals surface area contributed by atoms with Crippen LogP contribution >= 0.6 is 0 Å². The van der Waals surface area contributed by atoms with Crippen LogP contribution in [0.2, 0.25) is 0 Å². The highest BCUT2D eigenvalue weighted by atomic mass is 16.6. The Morgan fingerprint density at radius 3 is 3.07 bits per heavy atom. The molecule has 0 amide bonds. The van der Waals surface area contributed by atoms with Gasteiger partial charge in [-0.3, -0.25) is 10.1 Å². The number of phenolic OH excluding ortho intramolecular Hbond substituents is 1. The van der Waals surface area contributed by atoms with Gasteiger partial charge in [-0.25, -0.2) is 0 Å². The Bertz CT molecular complexity index is 377. The van der Waals surface area contributed by atoms with E-state index in [1.807, 2.05) is 0 Å². The van der Waals surface area contributed by atoms with Crippen molar-refractivity contribution in [3.8, 4) is 11.5 Å². The van der Waals surface area contributed by atoms with Gasteiger partial charge in [-0.05, 0) is 18.2 Å². The van der Waals surface area contributed by atoms with Crippen molar-refractivity contribution in [2.45, 2.75) is 12.5 Å². The molecule has 0 aliphatic carbocycles. The molecule has 1 aliphatic rings. The zero-order valence-electron chi connectivity index (χ0n) is 7.34. The van der Waals surface area contributed by atoms with Gasteiger partial charge < -0.3 is 9.84 Å². The number of aromatic hydroxyl groups is 1. The van der Waals surface area contributed by atoms with Crippen molar-refractivity contribution in [1.82, 2.24) is 0 Å². The summed E-state index contributed by atoms with van der Waals surface area (Å²) in [6.07, 6.45) is 0.316. The third-order valence-electron chi connectivity index (χ3n) is 2.23. The largest absolute Gasteiger partial charge is 0.508 e. The van der Waals surface area contributed by atoms with Crippen molar-refractivity contribution in [2.24, 2.45) is 0 Å². The first kappa shape index (κ1) is 8.80. The summed E-state index contributed by atoms with van der Waals surface area (Å²) in [7, 11) is 0. The molecule has 1 aromatic rings. The summed E-state index contributed by atoms with van der Waals surface area (Å²) in [6.45, 7) is 0.102. The Morgan fingerprint density at radius 2 is 2.36 bits per heavy atom. The number of hydrogen-bond acceptors (Lipinski definition) is 4. The fraction of sp³-hybridized carbons (Fsp3) is 0.333. The Balaban J connectivity index is 2.29. The monoisotopic (exact) mass is 195 g/mol. The third-order valence-corrected chi connectivity index (χ3v) is 2.23. The average Bonchev–Trinajstić information content (AvgIpc) is 2.16. The van der Waals surface area contributed by atoms with Crippen LogP contribution in [0.1, 0.15) is 5.56 Å². The summed E-state index contributed by atoms with van der Waals surface area (Å²) in [6, 6.07) is 3.93. The minimum atomic E-state index is -0.704. The molecule has 0 radical (unpaired) electrons. The van der Waals surface area contributed by atoms with E-state index in [2.05, 4.69) is 0 Å². The molecular weight excluding hydrogens is 186 g/mol. The molecule has 1 heterocycles. The number of nitro groups is 1. The first-order valence-corrected chi connectivity index (χ1v) is 4.25. The number of fused-ring (bicyclic) bond motifs is 1. The Morgan fingerprint density at radius 1 is 1.57 bits per heavy atom. The summed E-state index contributed by atoms with van der Waals surface area (Å²) < 4.78 is 5.20. The highest BCUT2D eigenvalue weighted by Gasteiger charge is 2.28. The van der Waals surface area contributed by atoms with Gasteiger partial charge in [0.25, 0.3) is 6.04 Å². The standard InChI is InChI=1S/C9H9NO4/c11-8-1-2-9-6(4-8)3-7(5-14-9)10(12)13/h1-2,4,7,11H,3,5H2/t7-/m1/s1. The molecule has 0 fully saturated rings. The second kappa shape index (κ2) is 3.17. The van der Waals surface area contributed by atoms with E-state index in [1.165, 1.54) is 12.1 Å². The molecule has 0 bridgehead atoms. The number of rotatable bonds is 1. The number of benzene rings is 1. The molecule has 5 heteroatoms. The van der Waals surface area contributed by atoms with Crippen LogP contribution in [0.15, 0.2) is 18.2 Å². The van der Waals surface area contributed by atoms with E-state index in [-0.39, 0.29) is 17.3 Å². The summed E-state index contributed by atoms with van der Waals surface area (Å²) in [5.74, 6) is 0.734. The van der Waals surface area contributed by atoms with Crippen LogP contribution in [0.5, 0.6) is 11.5 Å². The van der Waals surface area contributed by atoms with Crippen LogP contribution in [0.3, 0.4) is 0 Å². The molecule has 0 spiro atoms. The fourth-order valence-corrected chi connectivity index (χ4v) is 1.50. The molecular formula is C9H9NO4. The van der Waals surface area contributed by atoms with Crippen LogP contribution in [0.4, 0.5) is 0 Å². The number of nitrogens with zero attached hydrogens (tertiary/aromatic N) is 1. The minimum absolute atomic E-state index is 0.102. The summed E-state index contributed by atoms with van der Waals surface area (Å²) in [5.41, 5.74) is 0.693.